The van der Waals surface area contributed by atoms with E-state index in [1.54, 1.807) is 74.5 Å². The number of amides is 1. The van der Waals surface area contributed by atoms with Crippen molar-refractivity contribution in [1.82, 2.24) is 5.32 Å². The van der Waals surface area contributed by atoms with Gasteiger partial charge in [-0.1, -0.05) is 18.9 Å². The number of phenols is 2. The van der Waals surface area contributed by atoms with Crippen LogP contribution < -0.4 is 19.7 Å². The summed E-state index contributed by atoms with van der Waals surface area (Å²) in [7, 11) is -7.66. The molecular weight excluding hydrogens is 1110 g/mol. The smallest absolute Gasteiger partial charge is 0.472 e. The summed E-state index contributed by atoms with van der Waals surface area (Å²) in [6.07, 6.45) is 2.40. The summed E-state index contributed by atoms with van der Waals surface area (Å²) in [6.45, 7) is 2.73. The predicted octanol–water partition coefficient (Wildman–Crippen LogP) is 11.5. The fourth-order valence-electron chi connectivity index (χ4n) is 9.04. The number of hydrogen-bond donors (Lipinski definition) is 6. The highest BCUT2D eigenvalue weighted by molar-refractivity contribution is 7.47. The number of nitrogens with zero attached hydrogens (tertiary/aromatic N) is 6. The van der Waals surface area contributed by atoms with Crippen LogP contribution in [0.4, 0.5) is 34.1 Å². The van der Waals surface area contributed by atoms with E-state index in [1.807, 2.05) is 4.90 Å². The number of aliphatic hydroxyl groups is 1. The molecule has 0 saturated carbocycles. The van der Waals surface area contributed by atoms with Crippen LogP contribution in [0.15, 0.2) is 130 Å². The van der Waals surface area contributed by atoms with Gasteiger partial charge in [0.15, 0.2) is 11.3 Å². The number of rotatable bonds is 28. The van der Waals surface area contributed by atoms with Crippen molar-refractivity contribution in [1.29, 1.82) is 0 Å². The predicted molar refractivity (Wildman–Crippen MR) is 297 cm³/mol. The third-order valence-electron chi connectivity index (χ3n) is 13.0. The molecule has 2 unspecified atom stereocenters. The van der Waals surface area contributed by atoms with Gasteiger partial charge in [0.05, 0.1) is 62.0 Å². The zero-order chi connectivity index (χ0) is 58.6. The number of unbranched alkanes of at least 4 members (excludes halogenated alkanes) is 3. The molecule has 0 radical (unpaired) electrons. The van der Waals surface area contributed by atoms with E-state index in [0.29, 0.717) is 95.1 Å². The highest BCUT2D eigenvalue weighted by Gasteiger charge is 2.54. The fraction of sp³-hybridized carbons (Fsp3) is 0.309. The lowest BCUT2D eigenvalue weighted by molar-refractivity contribution is -0.384. The Morgan fingerprint density at radius 1 is 0.695 bits per heavy atom. The highest BCUT2D eigenvalue weighted by atomic mass is 31.2. The molecule has 1 spiro atoms. The van der Waals surface area contributed by atoms with Crippen LogP contribution in [0, 0.1) is 24.0 Å². The lowest BCUT2D eigenvalue weighted by Crippen LogP contribution is -2.33. The maximum Gasteiger partial charge on any atom is 0.472 e. The van der Waals surface area contributed by atoms with Crippen LogP contribution in [0.3, 0.4) is 0 Å². The molecule has 2 heterocycles. The number of esters is 1. The van der Waals surface area contributed by atoms with Crippen LogP contribution in [0.2, 0.25) is 0 Å². The number of carbonyl (C=O) groups excluding carboxylic acids is 2. The van der Waals surface area contributed by atoms with Crippen molar-refractivity contribution in [3.8, 4) is 28.7 Å². The van der Waals surface area contributed by atoms with E-state index in [0.717, 1.165) is 0 Å². The van der Waals surface area contributed by atoms with Gasteiger partial charge in [-0.05, 0) is 123 Å². The second-order valence-electron chi connectivity index (χ2n) is 18.8. The number of phosphoric ester groups is 2. The van der Waals surface area contributed by atoms with E-state index >= 15 is 0 Å². The number of ether oxygens (including phenoxy) is 3. The number of hydrogen-bond acceptors (Lipinski definition) is 21. The topological polar surface area (TPSA) is 342 Å². The molecule has 2 aliphatic rings. The Hall–Kier alpha value is -7.96. The molecule has 1 amide bonds. The average molecular weight is 1170 g/mol. The minimum atomic E-state index is -4.58. The first-order valence-corrected chi connectivity index (χ1v) is 28.8. The zero-order valence-electron chi connectivity index (χ0n) is 44.7. The van der Waals surface area contributed by atoms with Gasteiger partial charge < -0.3 is 49.5 Å². The molecule has 8 rings (SSSR count). The average Bonchev–Trinajstić information content (AvgIpc) is 1.66. The molecule has 0 aromatic heterocycles. The molecule has 6 aromatic carbocycles. The van der Waals surface area contributed by atoms with Crippen LogP contribution in [0.1, 0.15) is 80.6 Å². The largest absolute Gasteiger partial charge is 0.508 e. The van der Waals surface area contributed by atoms with E-state index in [2.05, 4.69) is 25.8 Å². The maximum atomic E-state index is 13.4. The molecule has 0 saturated heterocycles. The Morgan fingerprint density at radius 3 is 1.96 bits per heavy atom. The summed E-state index contributed by atoms with van der Waals surface area (Å²) in [6, 6.07) is 28.3. The van der Waals surface area contributed by atoms with Gasteiger partial charge in [0.2, 0.25) is 0 Å². The Labute approximate surface area is 470 Å². The fourth-order valence-corrected chi connectivity index (χ4v) is 10.5. The zero-order valence-corrected chi connectivity index (χ0v) is 46.5. The van der Waals surface area contributed by atoms with E-state index in [1.165, 1.54) is 55.6 Å². The number of phenolic OH excluding ortho intramolecular Hbond substituents is 2. The number of carbonyl (C=O) groups is 2. The van der Waals surface area contributed by atoms with E-state index in [9.17, 15) is 53.9 Å². The van der Waals surface area contributed by atoms with Crippen molar-refractivity contribution in [2.45, 2.75) is 51.6 Å². The first kappa shape index (κ1) is 60.1. The molecule has 432 valence electrons. The second kappa shape index (κ2) is 26.7. The third-order valence-corrected chi connectivity index (χ3v) is 15.0. The minimum Gasteiger partial charge on any atom is -0.508 e. The van der Waals surface area contributed by atoms with Gasteiger partial charge in [0, 0.05) is 71.8 Å². The summed E-state index contributed by atoms with van der Waals surface area (Å²) in [5, 5.41) is 61.5. The number of nitro groups is 1. The lowest BCUT2D eigenvalue weighted by atomic mass is 9.77. The summed E-state index contributed by atoms with van der Waals surface area (Å²) in [5.41, 5.74) is 3.57. The Balaban J connectivity index is 0.709. The molecule has 27 heteroatoms. The van der Waals surface area contributed by atoms with Gasteiger partial charge in [0.25, 0.3) is 11.6 Å². The van der Waals surface area contributed by atoms with E-state index < -0.39 is 51.3 Å². The third kappa shape index (κ3) is 14.7. The van der Waals surface area contributed by atoms with Crippen LogP contribution in [0.25, 0.3) is 0 Å². The van der Waals surface area contributed by atoms with Crippen LogP contribution in [-0.4, -0.2) is 102 Å². The number of azo groups is 2. The van der Waals surface area contributed by atoms with Gasteiger partial charge in [-0.25, -0.2) is 13.9 Å². The van der Waals surface area contributed by atoms with Gasteiger partial charge in [-0.3, -0.25) is 33.0 Å². The Bertz CT molecular complexity index is 3440. The van der Waals surface area contributed by atoms with Crippen LogP contribution in [0.5, 0.6) is 28.7 Å². The SMILES string of the molecule is COc1cc(/N=N/c2ccc(C)cc2[N+](=O)[O-])c(C)cc1/N=N/c1ccc(N(CCO)CCCOP(=O)(O)OCCOP(=O)(O)OCCCCCCNC(=O)c2ccc3c(c2)C2(OC3=O)c3ccc(O)cc3Oc3cc(O)ccc32)cc1. The molecular formula is C55H59N7O18P2. The molecule has 0 bridgehead atoms. The Morgan fingerprint density at radius 2 is 1.32 bits per heavy atom. The number of aryl methyl sites for hydroxylation is 2. The molecule has 25 nitrogen and oxygen atoms in total. The summed E-state index contributed by atoms with van der Waals surface area (Å²) < 4.78 is 62.5. The summed E-state index contributed by atoms with van der Waals surface area (Å²) >= 11 is 0. The number of anilines is 1. The van der Waals surface area contributed by atoms with Gasteiger partial charge in [-0.15, -0.1) is 15.3 Å². The van der Waals surface area contributed by atoms with Crippen molar-refractivity contribution >= 4 is 61.6 Å². The number of aliphatic hydroxyl groups excluding tert-OH is 1. The molecule has 2 aliphatic heterocycles. The van der Waals surface area contributed by atoms with Gasteiger partial charge >= 0.3 is 21.6 Å². The highest BCUT2D eigenvalue weighted by Crippen LogP contribution is 2.57. The van der Waals surface area contributed by atoms with Crippen LogP contribution in [-0.2, 0) is 37.6 Å². The first-order chi connectivity index (χ1) is 39.3. The van der Waals surface area contributed by atoms with Crippen molar-refractivity contribution in [2.75, 3.05) is 64.7 Å². The normalized spacial score (nSPS) is 14.6. The molecule has 0 fully saturated rings. The van der Waals surface area contributed by atoms with Crippen molar-refractivity contribution in [2.24, 2.45) is 20.5 Å². The Kier molecular flexibility index (Phi) is 19.6. The number of nitrogens with one attached hydrogen (secondary N) is 1. The molecule has 6 N–H and O–H groups in total. The van der Waals surface area contributed by atoms with Crippen molar-refractivity contribution < 1.29 is 81.1 Å². The number of methoxy groups -OCH3 is 1. The summed E-state index contributed by atoms with van der Waals surface area (Å²) in [4.78, 5) is 59.8. The maximum absolute atomic E-state index is 13.4. The molecule has 0 aliphatic carbocycles. The van der Waals surface area contributed by atoms with Crippen molar-refractivity contribution in [3.63, 3.8) is 0 Å². The van der Waals surface area contributed by atoms with Gasteiger partial charge in [-0.2, -0.15) is 5.11 Å². The molecule has 82 heavy (non-hydrogen) atoms. The summed E-state index contributed by atoms with van der Waals surface area (Å²) in [5.74, 6) is -0.445. The number of nitro benzene ring substituents is 1. The molecule has 6 aromatic rings. The lowest BCUT2D eigenvalue weighted by Gasteiger charge is -2.36. The second-order valence-corrected chi connectivity index (χ2v) is 21.7. The van der Waals surface area contributed by atoms with Gasteiger partial charge in [0.1, 0.15) is 34.4 Å². The monoisotopic (exact) mass is 1170 g/mol. The first-order valence-electron chi connectivity index (χ1n) is 25.8. The van der Waals surface area contributed by atoms with Crippen LogP contribution >= 0.6 is 15.6 Å². The number of aromatic hydroxyl groups is 2. The molecule has 2 atom stereocenters. The number of benzene rings is 6. The minimum absolute atomic E-state index is 0.0885. The van der Waals surface area contributed by atoms with E-state index in [4.69, 9.17) is 32.3 Å². The van der Waals surface area contributed by atoms with Crippen molar-refractivity contribution in [3.05, 3.63) is 158 Å². The number of fused-ring (bicyclic) bond motifs is 6. The quantitative estimate of drug-likeness (QED) is 0.00663. The number of phosphoric acid groups is 2. The van der Waals surface area contributed by atoms with E-state index in [-0.39, 0.29) is 78.3 Å². The standard InChI is InChI=1S/C55H59N7O18P2/c1-35-9-20-46(49(29-35)62(68)69)58-59-47-34-52(74-3)48(30-36(47)2)60-57-38-11-13-39(14-12-38)61(23-24-63)22-8-26-76-82(72,73)78-28-27-77-81(70,71)75-25-7-5-4-6-21-56-53(66)37-10-17-42-45(31-37)55(80-54(42)67)43-18-15-40(64)32-50(43)79-51-33-41(65)16-19-44(51)55/h9-20,29-34,63-65H,4-8,21-28H2,1-3H3,(H,56,66)(H,70,71)(H,72,73)/b59-58+,60-57+.